The summed E-state index contributed by atoms with van der Waals surface area (Å²) in [5.74, 6) is 0.414. The van der Waals surface area contributed by atoms with E-state index in [1.54, 1.807) is 12.1 Å². The highest BCUT2D eigenvalue weighted by Crippen LogP contribution is 2.34. The average molecular weight is 371 g/mol. The molecule has 3 rings (SSSR count). The maximum absolute atomic E-state index is 13.0. The van der Waals surface area contributed by atoms with E-state index in [2.05, 4.69) is 4.90 Å². The van der Waals surface area contributed by atoms with Crippen molar-refractivity contribution in [3.63, 3.8) is 0 Å². The molecule has 1 aliphatic rings. The quantitative estimate of drug-likeness (QED) is 0.755. The third kappa shape index (κ3) is 4.73. The standard InChI is InChI=1S/C22H26FNO3/c1-27-21-4-2-3-19(20(21)15-25)22(26)17-10-13-24(14-11-17)12-9-16-5-7-18(23)8-6-16/h2-8,15,17,22,26H,9-14H2,1H3. The SMILES string of the molecule is COc1cccc(C(O)C2CCN(CCc3ccc(F)cc3)CC2)c1C=O. The lowest BCUT2D eigenvalue weighted by atomic mass is 9.85. The number of aldehydes is 1. The largest absolute Gasteiger partial charge is 0.496 e. The molecule has 0 spiro atoms. The van der Waals surface area contributed by atoms with Gasteiger partial charge in [0.1, 0.15) is 11.6 Å². The molecule has 0 radical (unpaired) electrons. The van der Waals surface area contributed by atoms with Crippen molar-refractivity contribution < 1.29 is 19.0 Å². The molecule has 2 aromatic rings. The summed E-state index contributed by atoms with van der Waals surface area (Å²) in [6.45, 7) is 2.74. The third-order valence-electron chi connectivity index (χ3n) is 5.46. The Balaban J connectivity index is 1.56. The van der Waals surface area contributed by atoms with Gasteiger partial charge in [-0.05, 0) is 67.6 Å². The van der Waals surface area contributed by atoms with Gasteiger partial charge >= 0.3 is 0 Å². The number of ether oxygens (including phenoxy) is 1. The number of methoxy groups -OCH3 is 1. The molecule has 0 bridgehead atoms. The summed E-state index contributed by atoms with van der Waals surface area (Å²) in [7, 11) is 1.53. The summed E-state index contributed by atoms with van der Waals surface area (Å²) in [4.78, 5) is 13.8. The number of likely N-dealkylation sites (tertiary alicyclic amines) is 1. The number of hydrogen-bond donors (Lipinski definition) is 1. The number of halogens is 1. The fraction of sp³-hybridized carbons (Fsp3) is 0.409. The van der Waals surface area contributed by atoms with Crippen LogP contribution < -0.4 is 4.74 Å². The lowest BCUT2D eigenvalue weighted by Gasteiger charge is -2.34. The fourth-order valence-electron chi connectivity index (χ4n) is 3.81. The lowest BCUT2D eigenvalue weighted by molar-refractivity contribution is 0.0583. The molecule has 1 saturated heterocycles. The number of hydrogen-bond acceptors (Lipinski definition) is 4. The van der Waals surface area contributed by atoms with Gasteiger partial charge in [-0.15, -0.1) is 0 Å². The van der Waals surface area contributed by atoms with Crippen molar-refractivity contribution in [2.75, 3.05) is 26.7 Å². The summed E-state index contributed by atoms with van der Waals surface area (Å²) in [5.41, 5.74) is 2.21. The first-order chi connectivity index (χ1) is 13.1. The molecule has 1 fully saturated rings. The predicted octanol–water partition coefficient (Wildman–Crippen LogP) is 3.63. The summed E-state index contributed by atoms with van der Waals surface area (Å²) in [6.07, 6.45) is 2.73. The molecule has 0 aromatic heterocycles. The molecule has 5 heteroatoms. The fourth-order valence-corrected chi connectivity index (χ4v) is 3.81. The molecule has 1 atom stereocenters. The van der Waals surface area contributed by atoms with Crippen molar-refractivity contribution in [1.82, 2.24) is 4.90 Å². The Morgan fingerprint density at radius 1 is 1.22 bits per heavy atom. The van der Waals surface area contributed by atoms with E-state index in [1.165, 1.54) is 19.2 Å². The maximum atomic E-state index is 13.0. The first-order valence-electron chi connectivity index (χ1n) is 9.39. The highest BCUT2D eigenvalue weighted by molar-refractivity contribution is 5.82. The first kappa shape index (κ1) is 19.5. The van der Waals surface area contributed by atoms with Gasteiger partial charge < -0.3 is 14.7 Å². The van der Waals surface area contributed by atoms with Gasteiger partial charge in [0.05, 0.1) is 18.8 Å². The van der Waals surface area contributed by atoms with Gasteiger partial charge in [-0.2, -0.15) is 0 Å². The smallest absolute Gasteiger partial charge is 0.154 e. The number of piperidine rings is 1. The number of carbonyl (C=O) groups excluding carboxylic acids is 1. The van der Waals surface area contributed by atoms with Gasteiger partial charge in [0.15, 0.2) is 6.29 Å². The summed E-state index contributed by atoms with van der Waals surface area (Å²) >= 11 is 0. The van der Waals surface area contributed by atoms with Crippen LogP contribution in [0.1, 0.15) is 40.4 Å². The molecular formula is C22H26FNO3. The second-order valence-electron chi connectivity index (χ2n) is 7.08. The lowest BCUT2D eigenvalue weighted by Crippen LogP contribution is -2.37. The van der Waals surface area contributed by atoms with Crippen molar-refractivity contribution in [1.29, 1.82) is 0 Å². The number of aliphatic hydroxyl groups is 1. The number of rotatable bonds is 7. The maximum Gasteiger partial charge on any atom is 0.154 e. The van der Waals surface area contributed by atoms with Crippen LogP contribution in [-0.4, -0.2) is 43.0 Å². The van der Waals surface area contributed by atoms with E-state index in [0.717, 1.165) is 50.7 Å². The van der Waals surface area contributed by atoms with Gasteiger partial charge in [0.2, 0.25) is 0 Å². The van der Waals surface area contributed by atoms with Crippen molar-refractivity contribution >= 4 is 6.29 Å². The molecule has 4 nitrogen and oxygen atoms in total. The van der Waals surface area contributed by atoms with E-state index in [0.29, 0.717) is 16.9 Å². The highest BCUT2D eigenvalue weighted by atomic mass is 19.1. The Morgan fingerprint density at radius 2 is 1.93 bits per heavy atom. The van der Waals surface area contributed by atoms with Crippen LogP contribution in [-0.2, 0) is 6.42 Å². The van der Waals surface area contributed by atoms with Gasteiger partial charge in [-0.1, -0.05) is 24.3 Å². The van der Waals surface area contributed by atoms with Gasteiger partial charge in [-0.25, -0.2) is 4.39 Å². The third-order valence-corrected chi connectivity index (χ3v) is 5.46. The summed E-state index contributed by atoms with van der Waals surface area (Å²) in [6, 6.07) is 12.0. The van der Waals surface area contributed by atoms with E-state index >= 15 is 0 Å². The van der Waals surface area contributed by atoms with Crippen LogP contribution in [0.5, 0.6) is 5.75 Å². The van der Waals surface area contributed by atoms with Crippen molar-refractivity contribution in [3.05, 3.63) is 65.0 Å². The molecule has 0 aliphatic carbocycles. The minimum atomic E-state index is -0.667. The zero-order chi connectivity index (χ0) is 19.2. The van der Waals surface area contributed by atoms with Crippen LogP contribution in [0.15, 0.2) is 42.5 Å². The van der Waals surface area contributed by atoms with E-state index in [4.69, 9.17) is 4.74 Å². The molecule has 0 amide bonds. The topological polar surface area (TPSA) is 49.8 Å². The molecular weight excluding hydrogens is 345 g/mol. The average Bonchev–Trinajstić information content (AvgIpc) is 2.72. The number of aliphatic hydroxyl groups excluding tert-OH is 1. The van der Waals surface area contributed by atoms with Crippen molar-refractivity contribution in [2.24, 2.45) is 5.92 Å². The second-order valence-corrected chi connectivity index (χ2v) is 7.08. The van der Waals surface area contributed by atoms with Gasteiger partial charge in [-0.3, -0.25) is 4.79 Å². The molecule has 1 N–H and O–H groups in total. The van der Waals surface area contributed by atoms with E-state index in [9.17, 15) is 14.3 Å². The monoisotopic (exact) mass is 371 g/mol. The molecule has 1 unspecified atom stereocenters. The predicted molar refractivity (Wildman–Crippen MR) is 103 cm³/mol. The zero-order valence-corrected chi connectivity index (χ0v) is 15.6. The van der Waals surface area contributed by atoms with Crippen LogP contribution >= 0.6 is 0 Å². The Kier molecular flexibility index (Phi) is 6.58. The Hall–Kier alpha value is -2.24. The first-order valence-corrected chi connectivity index (χ1v) is 9.39. The van der Waals surface area contributed by atoms with Gasteiger partial charge in [0.25, 0.3) is 0 Å². The van der Waals surface area contributed by atoms with E-state index < -0.39 is 6.10 Å². The number of benzene rings is 2. The van der Waals surface area contributed by atoms with Crippen LogP contribution in [0.4, 0.5) is 4.39 Å². The molecule has 1 aliphatic heterocycles. The normalized spacial score (nSPS) is 16.9. The van der Waals surface area contributed by atoms with Crippen LogP contribution in [0.3, 0.4) is 0 Å². The van der Waals surface area contributed by atoms with Crippen LogP contribution in [0, 0.1) is 11.7 Å². The Morgan fingerprint density at radius 3 is 2.56 bits per heavy atom. The van der Waals surface area contributed by atoms with Crippen molar-refractivity contribution in [3.8, 4) is 5.75 Å². The number of nitrogens with zero attached hydrogens (tertiary/aromatic N) is 1. The van der Waals surface area contributed by atoms with Crippen molar-refractivity contribution in [2.45, 2.75) is 25.4 Å². The Labute approximate surface area is 159 Å². The minimum absolute atomic E-state index is 0.123. The molecule has 2 aromatic carbocycles. The van der Waals surface area contributed by atoms with E-state index in [-0.39, 0.29) is 11.7 Å². The number of carbonyl (C=O) groups is 1. The minimum Gasteiger partial charge on any atom is -0.496 e. The summed E-state index contributed by atoms with van der Waals surface area (Å²) < 4.78 is 18.2. The molecule has 0 saturated carbocycles. The second kappa shape index (κ2) is 9.11. The zero-order valence-electron chi connectivity index (χ0n) is 15.6. The molecule has 1 heterocycles. The van der Waals surface area contributed by atoms with Crippen LogP contribution in [0.2, 0.25) is 0 Å². The molecule has 27 heavy (non-hydrogen) atoms. The highest BCUT2D eigenvalue weighted by Gasteiger charge is 2.28. The van der Waals surface area contributed by atoms with E-state index in [1.807, 2.05) is 18.2 Å². The van der Waals surface area contributed by atoms with Crippen LogP contribution in [0.25, 0.3) is 0 Å². The van der Waals surface area contributed by atoms with Gasteiger partial charge in [0, 0.05) is 6.54 Å². The summed E-state index contributed by atoms with van der Waals surface area (Å²) in [5, 5.41) is 10.8. The Bertz CT molecular complexity index is 755. The molecule has 144 valence electrons.